The van der Waals surface area contributed by atoms with Gasteiger partial charge in [0.05, 0.1) is 22.5 Å². The number of H-pyrrole nitrogens is 1. The number of allylic oxidation sites excluding steroid dienone is 2. The van der Waals surface area contributed by atoms with Gasteiger partial charge >= 0.3 is 6.18 Å². The Kier molecular flexibility index (Phi) is 9.47. The molecule has 0 amide bonds. The van der Waals surface area contributed by atoms with E-state index in [0.717, 1.165) is 29.8 Å². The Morgan fingerprint density at radius 3 is 2.00 bits per heavy atom. The third-order valence-electron chi connectivity index (χ3n) is 4.93. The molecule has 0 atom stereocenters. The van der Waals surface area contributed by atoms with E-state index in [9.17, 15) is 22.0 Å². The van der Waals surface area contributed by atoms with E-state index in [1.54, 1.807) is 13.1 Å². The van der Waals surface area contributed by atoms with Crippen LogP contribution in [-0.4, -0.2) is 4.98 Å². The molecule has 3 aromatic rings. The largest absolute Gasteiger partial charge is 0.416 e. The maximum Gasteiger partial charge on any atom is 0.416 e. The first kappa shape index (κ1) is 26.7. The molecule has 1 aliphatic rings. The summed E-state index contributed by atoms with van der Waals surface area (Å²) in [4.78, 5) is 2.82. The molecule has 1 aliphatic carbocycles. The van der Waals surface area contributed by atoms with E-state index < -0.39 is 23.4 Å². The van der Waals surface area contributed by atoms with Crippen molar-refractivity contribution >= 4 is 16.6 Å². The number of aromatic amines is 1. The second kappa shape index (κ2) is 12.1. The number of nitrogens with one attached hydrogen (secondary N) is 2. The van der Waals surface area contributed by atoms with Gasteiger partial charge in [0, 0.05) is 23.3 Å². The van der Waals surface area contributed by atoms with Crippen LogP contribution in [0.25, 0.3) is 10.9 Å². The minimum Gasteiger partial charge on any atom is -0.398 e. The van der Waals surface area contributed by atoms with E-state index in [4.69, 9.17) is 5.73 Å². The first-order valence-electron chi connectivity index (χ1n) is 10.6. The van der Waals surface area contributed by atoms with Gasteiger partial charge in [-0.25, -0.2) is 8.78 Å². The lowest BCUT2D eigenvalue weighted by Crippen LogP contribution is -2.06. The fourth-order valence-electron chi connectivity index (χ4n) is 2.97. The number of hydrogen-bond acceptors (Lipinski definition) is 2. The van der Waals surface area contributed by atoms with Crippen molar-refractivity contribution in [2.24, 2.45) is 5.73 Å². The second-order valence-electron chi connectivity index (χ2n) is 7.76. The molecule has 0 saturated heterocycles. The molecular formula is C26H28F5N3. The topological polar surface area (TPSA) is 53.8 Å². The van der Waals surface area contributed by atoms with Crippen LogP contribution < -0.4 is 11.1 Å². The zero-order valence-corrected chi connectivity index (χ0v) is 18.9. The Hall–Kier alpha value is -3.55. The smallest absolute Gasteiger partial charge is 0.398 e. The average Bonchev–Trinajstić information content (AvgIpc) is 3.17. The first-order valence-corrected chi connectivity index (χ1v) is 10.6. The van der Waals surface area contributed by atoms with Gasteiger partial charge in [-0.1, -0.05) is 43.0 Å². The number of alkyl halides is 3. The highest BCUT2D eigenvalue weighted by Crippen LogP contribution is 2.29. The van der Waals surface area contributed by atoms with Gasteiger partial charge in [0.25, 0.3) is 0 Å². The summed E-state index contributed by atoms with van der Waals surface area (Å²) in [5.74, 6) is -1.80. The number of aromatic nitrogens is 1. The van der Waals surface area contributed by atoms with Gasteiger partial charge in [0.1, 0.15) is 0 Å². The van der Waals surface area contributed by atoms with Crippen molar-refractivity contribution in [3.8, 4) is 0 Å². The summed E-state index contributed by atoms with van der Waals surface area (Å²) in [6.07, 6.45) is 7.37. The number of rotatable bonds is 3. The fraction of sp³-hybridized carbons (Fsp3) is 0.231. The monoisotopic (exact) mass is 477 g/mol. The minimum absolute atomic E-state index is 0.280. The summed E-state index contributed by atoms with van der Waals surface area (Å²) in [5, 5.41) is 3.39. The molecular weight excluding hydrogens is 449 g/mol. The maximum atomic E-state index is 13.1. The summed E-state index contributed by atoms with van der Waals surface area (Å²) in [5.41, 5.74) is 7.43. The molecule has 34 heavy (non-hydrogen) atoms. The van der Waals surface area contributed by atoms with Crippen molar-refractivity contribution in [3.63, 3.8) is 0 Å². The minimum atomic E-state index is -4.21. The third kappa shape index (κ3) is 8.10. The number of aryl methyl sites for hydroxylation is 1. The molecule has 0 spiro atoms. The van der Waals surface area contributed by atoms with Crippen LogP contribution in [0.1, 0.15) is 36.8 Å². The van der Waals surface area contributed by atoms with Crippen molar-refractivity contribution in [2.45, 2.75) is 38.8 Å². The summed E-state index contributed by atoms with van der Waals surface area (Å²) in [7, 11) is 0. The van der Waals surface area contributed by atoms with E-state index in [1.807, 2.05) is 0 Å². The standard InChI is InChI=1S/C12H11F2N3.C8H7F3.C6H10/c1-6(15)7(2)17-12-5-16-11-4-10(14)9(13)3-8(11)12;1-6-2-4-7(5-3-6)8(9,10)11;1-2-4-6-5-3-1/h3-5,16-17H,1-2,15H2;2-5H,1H3;1-2H,3-6H2. The normalized spacial score (nSPS) is 12.8. The number of fused-ring (bicyclic) bond motifs is 1. The summed E-state index contributed by atoms with van der Waals surface area (Å²) in [6.45, 7) is 8.93. The van der Waals surface area contributed by atoms with E-state index >= 15 is 0 Å². The van der Waals surface area contributed by atoms with Crippen LogP contribution in [0.5, 0.6) is 0 Å². The molecule has 0 unspecified atom stereocenters. The molecule has 0 bridgehead atoms. The van der Waals surface area contributed by atoms with Crippen LogP contribution in [0.4, 0.5) is 27.6 Å². The number of benzene rings is 2. The van der Waals surface area contributed by atoms with Crippen molar-refractivity contribution in [2.75, 3.05) is 5.32 Å². The lowest BCUT2D eigenvalue weighted by Gasteiger charge is -2.07. The molecule has 1 heterocycles. The Morgan fingerprint density at radius 2 is 1.53 bits per heavy atom. The van der Waals surface area contributed by atoms with Crippen LogP contribution >= 0.6 is 0 Å². The highest BCUT2D eigenvalue weighted by molar-refractivity contribution is 5.93. The average molecular weight is 478 g/mol. The molecule has 4 rings (SSSR count). The molecule has 1 aromatic heterocycles. The number of nitrogens with two attached hydrogens (primary N) is 1. The number of anilines is 1. The van der Waals surface area contributed by atoms with Gasteiger partial charge in [-0.05, 0) is 50.8 Å². The second-order valence-corrected chi connectivity index (χ2v) is 7.76. The van der Waals surface area contributed by atoms with Crippen molar-refractivity contribution in [3.05, 3.63) is 102 Å². The summed E-state index contributed by atoms with van der Waals surface area (Å²) >= 11 is 0. The van der Waals surface area contributed by atoms with E-state index in [1.165, 1.54) is 37.8 Å². The zero-order valence-electron chi connectivity index (χ0n) is 18.9. The van der Waals surface area contributed by atoms with Gasteiger partial charge in [-0.15, -0.1) is 0 Å². The van der Waals surface area contributed by atoms with Gasteiger partial charge in [-0.2, -0.15) is 13.2 Å². The Morgan fingerprint density at radius 1 is 0.971 bits per heavy atom. The van der Waals surface area contributed by atoms with Crippen molar-refractivity contribution < 1.29 is 22.0 Å². The van der Waals surface area contributed by atoms with Crippen LogP contribution in [0, 0.1) is 18.6 Å². The van der Waals surface area contributed by atoms with Gasteiger partial charge in [0.15, 0.2) is 11.6 Å². The molecule has 8 heteroatoms. The van der Waals surface area contributed by atoms with Crippen LogP contribution in [0.2, 0.25) is 0 Å². The van der Waals surface area contributed by atoms with Crippen LogP contribution in [0.15, 0.2) is 79.3 Å². The zero-order chi connectivity index (χ0) is 25.3. The number of halogens is 5. The predicted molar refractivity (Wildman–Crippen MR) is 128 cm³/mol. The SMILES string of the molecule is C1=CCCCC1.C=C(N)C(=C)Nc1c[nH]c2cc(F)c(F)cc12.Cc1ccc(C(F)(F)F)cc1. The van der Waals surface area contributed by atoms with Gasteiger partial charge < -0.3 is 16.0 Å². The summed E-state index contributed by atoms with van der Waals surface area (Å²) in [6, 6.07) is 7.25. The van der Waals surface area contributed by atoms with Gasteiger partial charge in [0.2, 0.25) is 0 Å². The molecule has 4 N–H and O–H groups in total. The molecule has 0 radical (unpaired) electrons. The Bertz CT molecular complexity index is 1130. The van der Waals surface area contributed by atoms with Crippen LogP contribution in [-0.2, 0) is 6.18 Å². The number of hydrogen-bond donors (Lipinski definition) is 3. The molecule has 0 saturated carbocycles. The van der Waals surface area contributed by atoms with Crippen molar-refractivity contribution in [1.82, 2.24) is 4.98 Å². The highest BCUT2D eigenvalue weighted by Gasteiger charge is 2.29. The van der Waals surface area contributed by atoms with E-state index in [0.29, 0.717) is 22.3 Å². The predicted octanol–water partition coefficient (Wildman–Crippen LogP) is 7.97. The van der Waals surface area contributed by atoms with E-state index in [-0.39, 0.29) is 5.70 Å². The molecule has 3 nitrogen and oxygen atoms in total. The van der Waals surface area contributed by atoms with Crippen LogP contribution in [0.3, 0.4) is 0 Å². The lowest BCUT2D eigenvalue weighted by atomic mass is 10.1. The molecule has 182 valence electrons. The van der Waals surface area contributed by atoms with Crippen molar-refractivity contribution in [1.29, 1.82) is 0 Å². The lowest BCUT2D eigenvalue weighted by molar-refractivity contribution is -0.137. The first-order chi connectivity index (χ1) is 16.0. The maximum absolute atomic E-state index is 13.1. The highest BCUT2D eigenvalue weighted by atomic mass is 19.4. The molecule has 2 aromatic carbocycles. The third-order valence-corrected chi connectivity index (χ3v) is 4.93. The summed E-state index contributed by atoms with van der Waals surface area (Å²) < 4.78 is 61.9. The Labute approximate surface area is 195 Å². The quantitative estimate of drug-likeness (QED) is 0.204. The molecule has 0 aliphatic heterocycles. The van der Waals surface area contributed by atoms with E-state index in [2.05, 4.69) is 35.6 Å². The molecule has 0 fully saturated rings. The fourth-order valence-corrected chi connectivity index (χ4v) is 2.97. The van der Waals surface area contributed by atoms with Gasteiger partial charge in [-0.3, -0.25) is 0 Å². The Balaban J connectivity index is 0.000000204.